The van der Waals surface area contributed by atoms with Crippen LogP contribution in [0.3, 0.4) is 0 Å². The van der Waals surface area contributed by atoms with Gasteiger partial charge in [-0.15, -0.1) is 11.8 Å². The van der Waals surface area contributed by atoms with Gasteiger partial charge in [-0.25, -0.2) is 0 Å². The summed E-state index contributed by atoms with van der Waals surface area (Å²) in [5.74, 6) is 3.67. The molecule has 0 aliphatic carbocycles. The highest BCUT2D eigenvalue weighted by Gasteiger charge is 2.31. The Morgan fingerprint density at radius 2 is 2.15 bits per heavy atom. The molecule has 3 rings (SSSR count). The number of hydrogen-bond donors (Lipinski definition) is 0. The lowest BCUT2D eigenvalue weighted by atomic mass is 9.92. The summed E-state index contributed by atoms with van der Waals surface area (Å²) in [6, 6.07) is 4.94. The standard InChI is InChI=1S/C16H23NO2S/c1-17-6-4-5-12(17)7-11-10-20-16-14(11)8-13(18-2)9-15(16)19-3/h8-9,11-12H,4-7,10H2,1-3H3/t11?,12-/m1/s1. The minimum absolute atomic E-state index is 0.629. The van der Waals surface area contributed by atoms with Crippen LogP contribution in [0.25, 0.3) is 0 Å². The molecule has 110 valence electrons. The second kappa shape index (κ2) is 5.86. The number of ether oxygens (including phenoxy) is 2. The summed E-state index contributed by atoms with van der Waals surface area (Å²) in [4.78, 5) is 3.83. The van der Waals surface area contributed by atoms with E-state index >= 15 is 0 Å². The second-order valence-electron chi connectivity index (χ2n) is 5.77. The third-order valence-electron chi connectivity index (χ3n) is 4.61. The highest BCUT2D eigenvalue weighted by Crippen LogP contribution is 2.49. The van der Waals surface area contributed by atoms with Crippen LogP contribution in [0.15, 0.2) is 17.0 Å². The number of fused-ring (bicyclic) bond motifs is 1. The van der Waals surface area contributed by atoms with Crippen molar-refractivity contribution in [3.63, 3.8) is 0 Å². The Labute approximate surface area is 125 Å². The van der Waals surface area contributed by atoms with Crippen molar-refractivity contribution in [2.24, 2.45) is 0 Å². The molecule has 3 nitrogen and oxygen atoms in total. The summed E-state index contributed by atoms with van der Waals surface area (Å²) in [5.41, 5.74) is 1.42. The first kappa shape index (κ1) is 14.1. The Hall–Kier alpha value is -0.870. The van der Waals surface area contributed by atoms with E-state index < -0.39 is 0 Å². The number of thioether (sulfide) groups is 1. The van der Waals surface area contributed by atoms with Crippen LogP contribution in [0.5, 0.6) is 11.5 Å². The van der Waals surface area contributed by atoms with Gasteiger partial charge < -0.3 is 14.4 Å². The van der Waals surface area contributed by atoms with E-state index in [-0.39, 0.29) is 0 Å². The van der Waals surface area contributed by atoms with Crippen LogP contribution >= 0.6 is 11.8 Å². The van der Waals surface area contributed by atoms with Crippen LogP contribution in [0.1, 0.15) is 30.7 Å². The molecule has 0 radical (unpaired) electrons. The van der Waals surface area contributed by atoms with E-state index in [1.807, 2.05) is 17.8 Å². The fourth-order valence-corrected chi connectivity index (χ4v) is 4.76. The minimum atomic E-state index is 0.629. The average Bonchev–Trinajstić information content (AvgIpc) is 3.06. The van der Waals surface area contributed by atoms with Gasteiger partial charge in [-0.3, -0.25) is 0 Å². The van der Waals surface area contributed by atoms with Crippen molar-refractivity contribution in [1.29, 1.82) is 0 Å². The SMILES string of the molecule is COc1cc(OC)c2c(c1)C(C[C@H]1CCCN1C)CS2. The highest BCUT2D eigenvalue weighted by molar-refractivity contribution is 7.99. The number of rotatable bonds is 4. The fraction of sp³-hybridized carbons (Fsp3) is 0.625. The van der Waals surface area contributed by atoms with Gasteiger partial charge >= 0.3 is 0 Å². The van der Waals surface area contributed by atoms with Crippen molar-refractivity contribution in [3.05, 3.63) is 17.7 Å². The minimum Gasteiger partial charge on any atom is -0.497 e. The smallest absolute Gasteiger partial charge is 0.136 e. The molecule has 0 spiro atoms. The molecule has 1 fully saturated rings. The topological polar surface area (TPSA) is 21.7 Å². The van der Waals surface area contributed by atoms with Crippen molar-refractivity contribution < 1.29 is 9.47 Å². The largest absolute Gasteiger partial charge is 0.497 e. The van der Waals surface area contributed by atoms with Crippen LogP contribution in [0.4, 0.5) is 0 Å². The fourth-order valence-electron chi connectivity index (χ4n) is 3.40. The molecule has 20 heavy (non-hydrogen) atoms. The van der Waals surface area contributed by atoms with Crippen molar-refractivity contribution in [2.45, 2.75) is 36.1 Å². The maximum atomic E-state index is 5.53. The molecule has 2 aliphatic heterocycles. The molecule has 2 heterocycles. The van der Waals surface area contributed by atoms with E-state index in [0.29, 0.717) is 5.92 Å². The van der Waals surface area contributed by atoms with Gasteiger partial charge in [0.05, 0.1) is 19.1 Å². The van der Waals surface area contributed by atoms with Crippen molar-refractivity contribution in [1.82, 2.24) is 4.90 Å². The summed E-state index contributed by atoms with van der Waals surface area (Å²) < 4.78 is 10.9. The number of hydrogen-bond acceptors (Lipinski definition) is 4. The first-order valence-corrected chi connectivity index (χ1v) is 8.30. The maximum Gasteiger partial charge on any atom is 0.136 e. The Bertz CT molecular complexity index is 492. The van der Waals surface area contributed by atoms with Gasteiger partial charge in [0.25, 0.3) is 0 Å². The number of nitrogens with zero attached hydrogens (tertiary/aromatic N) is 1. The zero-order chi connectivity index (χ0) is 14.1. The van der Waals surface area contributed by atoms with Crippen molar-refractivity contribution in [2.75, 3.05) is 33.6 Å². The van der Waals surface area contributed by atoms with E-state index in [9.17, 15) is 0 Å². The molecular weight excluding hydrogens is 270 g/mol. The Morgan fingerprint density at radius 1 is 1.30 bits per heavy atom. The van der Waals surface area contributed by atoms with Crippen molar-refractivity contribution in [3.8, 4) is 11.5 Å². The third kappa shape index (κ3) is 2.51. The van der Waals surface area contributed by atoms with Gasteiger partial charge in [0, 0.05) is 17.9 Å². The van der Waals surface area contributed by atoms with E-state index in [4.69, 9.17) is 9.47 Å². The molecule has 1 aromatic carbocycles. The lowest BCUT2D eigenvalue weighted by Gasteiger charge is -2.23. The molecular formula is C16H23NO2S. The molecule has 0 saturated carbocycles. The quantitative estimate of drug-likeness (QED) is 0.848. The zero-order valence-corrected chi connectivity index (χ0v) is 13.3. The third-order valence-corrected chi connectivity index (χ3v) is 5.90. The monoisotopic (exact) mass is 293 g/mol. The number of methoxy groups -OCH3 is 2. The molecule has 0 bridgehead atoms. The second-order valence-corrected chi connectivity index (χ2v) is 6.80. The Balaban J connectivity index is 1.85. The van der Waals surface area contributed by atoms with Gasteiger partial charge in [-0.05, 0) is 50.4 Å². The van der Waals surface area contributed by atoms with Crippen LogP contribution < -0.4 is 9.47 Å². The predicted octanol–water partition coefficient (Wildman–Crippen LogP) is 3.38. The van der Waals surface area contributed by atoms with Gasteiger partial charge in [0.15, 0.2) is 0 Å². The summed E-state index contributed by atoms with van der Waals surface area (Å²) in [5, 5.41) is 0. The molecule has 0 N–H and O–H groups in total. The summed E-state index contributed by atoms with van der Waals surface area (Å²) in [6.45, 7) is 1.25. The highest BCUT2D eigenvalue weighted by atomic mass is 32.2. The lowest BCUT2D eigenvalue weighted by Crippen LogP contribution is -2.26. The molecule has 0 aromatic heterocycles. The summed E-state index contributed by atoms with van der Waals surface area (Å²) >= 11 is 1.93. The van der Waals surface area contributed by atoms with Crippen LogP contribution in [-0.4, -0.2) is 44.5 Å². The van der Waals surface area contributed by atoms with Crippen LogP contribution in [0.2, 0.25) is 0 Å². The first-order valence-electron chi connectivity index (χ1n) is 7.32. The summed E-state index contributed by atoms with van der Waals surface area (Å²) in [7, 11) is 5.73. The number of likely N-dealkylation sites (tertiary alicyclic amines) is 1. The van der Waals surface area contributed by atoms with E-state index in [0.717, 1.165) is 17.5 Å². The average molecular weight is 293 g/mol. The molecule has 4 heteroatoms. The van der Waals surface area contributed by atoms with Gasteiger partial charge in [-0.2, -0.15) is 0 Å². The lowest BCUT2D eigenvalue weighted by molar-refractivity contribution is 0.285. The molecule has 1 unspecified atom stereocenters. The molecule has 2 atom stereocenters. The molecule has 0 amide bonds. The van der Waals surface area contributed by atoms with E-state index in [2.05, 4.69) is 18.0 Å². The van der Waals surface area contributed by atoms with Crippen LogP contribution in [0, 0.1) is 0 Å². The van der Waals surface area contributed by atoms with Gasteiger partial charge in [0.1, 0.15) is 11.5 Å². The number of benzene rings is 1. The molecule has 1 saturated heterocycles. The predicted molar refractivity (Wildman–Crippen MR) is 83.3 cm³/mol. The molecule has 1 aromatic rings. The van der Waals surface area contributed by atoms with Gasteiger partial charge in [-0.1, -0.05) is 0 Å². The van der Waals surface area contributed by atoms with E-state index in [1.165, 1.54) is 42.0 Å². The van der Waals surface area contributed by atoms with Gasteiger partial charge in [0.2, 0.25) is 0 Å². The first-order chi connectivity index (χ1) is 9.72. The summed E-state index contributed by atoms with van der Waals surface area (Å²) in [6.07, 6.45) is 3.94. The maximum absolute atomic E-state index is 5.53. The van der Waals surface area contributed by atoms with E-state index in [1.54, 1.807) is 14.2 Å². The normalized spacial score (nSPS) is 25.8. The van der Waals surface area contributed by atoms with Crippen molar-refractivity contribution >= 4 is 11.8 Å². The Kier molecular flexibility index (Phi) is 4.13. The zero-order valence-electron chi connectivity index (χ0n) is 12.5. The van der Waals surface area contributed by atoms with Crippen LogP contribution in [-0.2, 0) is 0 Å². The molecule has 2 aliphatic rings. The Morgan fingerprint density at radius 3 is 2.80 bits per heavy atom.